The van der Waals surface area contributed by atoms with Crippen LogP contribution in [0.1, 0.15) is 29.4 Å². The summed E-state index contributed by atoms with van der Waals surface area (Å²) in [7, 11) is 0. The van der Waals surface area contributed by atoms with Gasteiger partial charge in [0.2, 0.25) is 5.91 Å². The molecule has 0 aliphatic carbocycles. The van der Waals surface area contributed by atoms with E-state index in [1.54, 1.807) is 15.9 Å². The summed E-state index contributed by atoms with van der Waals surface area (Å²) in [6.07, 6.45) is 4.09. The van der Waals surface area contributed by atoms with Crippen LogP contribution in [0.15, 0.2) is 46.7 Å². The minimum atomic E-state index is -0.105. The van der Waals surface area contributed by atoms with E-state index in [1.807, 2.05) is 53.4 Å². The number of nitrogens with zero attached hydrogens (tertiary/aromatic N) is 5. The van der Waals surface area contributed by atoms with E-state index in [9.17, 15) is 9.59 Å². The predicted molar refractivity (Wildman–Crippen MR) is 119 cm³/mol. The van der Waals surface area contributed by atoms with E-state index in [-0.39, 0.29) is 24.2 Å². The molecule has 4 heterocycles. The third-order valence-corrected chi connectivity index (χ3v) is 6.58. The first-order valence-corrected chi connectivity index (χ1v) is 11.4. The summed E-state index contributed by atoms with van der Waals surface area (Å²) in [6.45, 7) is 3.19. The molecule has 0 bridgehead atoms. The van der Waals surface area contributed by atoms with Gasteiger partial charge >= 0.3 is 5.69 Å². The molecule has 0 radical (unpaired) electrons. The number of thiazole rings is 1. The van der Waals surface area contributed by atoms with Gasteiger partial charge in [-0.3, -0.25) is 9.36 Å². The highest BCUT2D eigenvalue weighted by Crippen LogP contribution is 2.16. The summed E-state index contributed by atoms with van der Waals surface area (Å²) >= 11 is 1.57. The Morgan fingerprint density at radius 1 is 1.26 bits per heavy atom. The van der Waals surface area contributed by atoms with E-state index in [2.05, 4.69) is 15.4 Å². The van der Waals surface area contributed by atoms with Crippen molar-refractivity contribution < 1.29 is 4.79 Å². The molecule has 1 aromatic carbocycles. The molecule has 0 spiro atoms. The Kier molecular flexibility index (Phi) is 5.19. The molecular formula is C22H24N6O2S. The Hall–Kier alpha value is -3.20. The maximum Gasteiger partial charge on any atom is 0.346 e. The number of nitrogens with one attached hydrogen (secondary N) is 1. The van der Waals surface area contributed by atoms with Crippen LogP contribution < -0.4 is 11.0 Å². The molecule has 4 aromatic rings. The highest BCUT2D eigenvalue weighted by Gasteiger charge is 2.22. The SMILES string of the molecule is Cc1nc(Cn2nc3n(c2=O)CCC(NC(=O)Cn2ccc4ccccc42)CC3)cs1. The number of para-hydroxylation sites is 1. The second-order valence-electron chi connectivity index (χ2n) is 7.96. The van der Waals surface area contributed by atoms with Crippen molar-refractivity contribution in [3.8, 4) is 0 Å². The van der Waals surface area contributed by atoms with Crippen LogP contribution in [0, 0.1) is 6.92 Å². The van der Waals surface area contributed by atoms with Crippen molar-refractivity contribution in [3.63, 3.8) is 0 Å². The number of rotatable bonds is 5. The van der Waals surface area contributed by atoms with E-state index in [0.717, 1.165) is 33.8 Å². The van der Waals surface area contributed by atoms with Crippen molar-refractivity contribution in [3.05, 3.63) is 68.9 Å². The summed E-state index contributed by atoms with van der Waals surface area (Å²) in [6, 6.07) is 10.1. The first kappa shape index (κ1) is 19.7. The van der Waals surface area contributed by atoms with Crippen LogP contribution in [0.3, 0.4) is 0 Å². The number of hydrogen-bond acceptors (Lipinski definition) is 5. The van der Waals surface area contributed by atoms with Crippen LogP contribution in [0.2, 0.25) is 0 Å². The van der Waals surface area contributed by atoms with Crippen molar-refractivity contribution in [2.45, 2.75) is 51.9 Å². The molecule has 1 N–H and O–H groups in total. The van der Waals surface area contributed by atoms with Gasteiger partial charge in [-0.25, -0.2) is 14.5 Å². The quantitative estimate of drug-likeness (QED) is 0.520. The lowest BCUT2D eigenvalue weighted by atomic mass is 10.1. The van der Waals surface area contributed by atoms with Crippen LogP contribution in [0.25, 0.3) is 10.9 Å². The monoisotopic (exact) mass is 436 g/mol. The molecule has 1 aliphatic rings. The molecule has 1 amide bonds. The number of fused-ring (bicyclic) bond motifs is 2. The van der Waals surface area contributed by atoms with Gasteiger partial charge in [-0.15, -0.1) is 11.3 Å². The summed E-state index contributed by atoms with van der Waals surface area (Å²) in [4.78, 5) is 29.9. The van der Waals surface area contributed by atoms with Gasteiger partial charge in [0.05, 0.1) is 17.2 Å². The average molecular weight is 437 g/mol. The Bertz CT molecular complexity index is 1300. The highest BCUT2D eigenvalue weighted by atomic mass is 32.1. The number of benzene rings is 1. The molecule has 1 aliphatic heterocycles. The van der Waals surface area contributed by atoms with E-state index < -0.39 is 0 Å². The van der Waals surface area contributed by atoms with Crippen LogP contribution in [-0.4, -0.2) is 35.8 Å². The van der Waals surface area contributed by atoms with E-state index >= 15 is 0 Å². The summed E-state index contributed by atoms with van der Waals surface area (Å²) in [5.41, 5.74) is 1.81. The zero-order valence-corrected chi connectivity index (χ0v) is 18.1. The molecule has 3 aromatic heterocycles. The number of aromatic nitrogens is 5. The molecule has 0 saturated heterocycles. The molecule has 0 fully saturated rings. The smallest absolute Gasteiger partial charge is 0.346 e. The summed E-state index contributed by atoms with van der Waals surface area (Å²) < 4.78 is 5.20. The van der Waals surface area contributed by atoms with Gasteiger partial charge in [0, 0.05) is 36.1 Å². The van der Waals surface area contributed by atoms with Crippen LogP contribution in [-0.2, 0) is 30.8 Å². The third kappa shape index (κ3) is 4.05. The first-order chi connectivity index (χ1) is 15.1. The van der Waals surface area contributed by atoms with Crippen molar-refractivity contribution in [1.29, 1.82) is 0 Å². The third-order valence-electron chi connectivity index (χ3n) is 5.75. The largest absolute Gasteiger partial charge is 0.352 e. The maximum absolute atomic E-state index is 12.8. The average Bonchev–Trinajstić information content (AvgIpc) is 3.39. The van der Waals surface area contributed by atoms with Gasteiger partial charge in [0.1, 0.15) is 12.4 Å². The molecule has 8 nitrogen and oxygen atoms in total. The normalized spacial score (nSPS) is 16.2. The fraction of sp³-hybridized carbons (Fsp3) is 0.364. The predicted octanol–water partition coefficient (Wildman–Crippen LogP) is 2.33. The minimum Gasteiger partial charge on any atom is -0.352 e. The van der Waals surface area contributed by atoms with Crippen LogP contribution in [0.5, 0.6) is 0 Å². The molecule has 1 atom stereocenters. The molecule has 0 saturated carbocycles. The van der Waals surface area contributed by atoms with Gasteiger partial charge in [0.15, 0.2) is 0 Å². The Morgan fingerprint density at radius 2 is 2.13 bits per heavy atom. The number of amides is 1. The lowest BCUT2D eigenvalue weighted by Gasteiger charge is -2.16. The lowest BCUT2D eigenvalue weighted by Crippen LogP contribution is -2.37. The second-order valence-corrected chi connectivity index (χ2v) is 9.02. The van der Waals surface area contributed by atoms with Crippen LogP contribution >= 0.6 is 11.3 Å². The fourth-order valence-corrected chi connectivity index (χ4v) is 4.82. The van der Waals surface area contributed by atoms with Crippen molar-refractivity contribution in [2.75, 3.05) is 0 Å². The van der Waals surface area contributed by atoms with Gasteiger partial charge in [-0.05, 0) is 37.3 Å². The summed E-state index contributed by atoms with van der Waals surface area (Å²) in [5, 5.41) is 11.8. The van der Waals surface area contributed by atoms with Crippen molar-refractivity contribution >= 4 is 28.1 Å². The number of carbonyl (C=O) groups is 1. The number of hydrogen-bond donors (Lipinski definition) is 1. The molecule has 31 heavy (non-hydrogen) atoms. The molecular weight excluding hydrogens is 412 g/mol. The zero-order valence-electron chi connectivity index (χ0n) is 17.3. The zero-order chi connectivity index (χ0) is 21.4. The standard InChI is InChI=1S/C22H24N6O2S/c1-15-23-18(14-31-15)12-28-22(30)27-11-9-17(6-7-20(27)25-28)24-21(29)13-26-10-8-16-4-2-3-5-19(16)26/h2-5,8,10,14,17H,6-7,9,11-13H2,1H3,(H,24,29). The molecule has 9 heteroatoms. The van der Waals surface area contributed by atoms with E-state index in [1.165, 1.54) is 4.68 Å². The van der Waals surface area contributed by atoms with Crippen molar-refractivity contribution in [2.24, 2.45) is 0 Å². The molecule has 160 valence electrons. The van der Waals surface area contributed by atoms with Crippen LogP contribution in [0.4, 0.5) is 0 Å². The van der Waals surface area contributed by atoms with Gasteiger partial charge < -0.3 is 9.88 Å². The lowest BCUT2D eigenvalue weighted by molar-refractivity contribution is -0.122. The Labute approximate surface area is 183 Å². The highest BCUT2D eigenvalue weighted by molar-refractivity contribution is 7.09. The Balaban J connectivity index is 1.22. The Morgan fingerprint density at radius 3 is 2.97 bits per heavy atom. The first-order valence-electron chi connectivity index (χ1n) is 10.5. The molecule has 5 rings (SSSR count). The second kappa shape index (κ2) is 8.14. The van der Waals surface area contributed by atoms with Gasteiger partial charge in [-0.1, -0.05) is 18.2 Å². The minimum absolute atomic E-state index is 0.0118. The van der Waals surface area contributed by atoms with Crippen molar-refractivity contribution in [1.82, 2.24) is 29.2 Å². The molecule has 1 unspecified atom stereocenters. The number of aryl methyl sites for hydroxylation is 2. The summed E-state index contributed by atoms with van der Waals surface area (Å²) in [5.74, 6) is 0.771. The van der Waals surface area contributed by atoms with E-state index in [4.69, 9.17) is 0 Å². The van der Waals surface area contributed by atoms with Gasteiger partial charge in [-0.2, -0.15) is 5.10 Å². The van der Waals surface area contributed by atoms with E-state index in [0.29, 0.717) is 25.9 Å². The van der Waals surface area contributed by atoms with Gasteiger partial charge in [0.25, 0.3) is 0 Å². The fourth-order valence-electron chi connectivity index (χ4n) is 4.22. The maximum atomic E-state index is 12.8. The number of carbonyl (C=O) groups excluding carboxylic acids is 1. The topological polar surface area (TPSA) is 86.7 Å².